The van der Waals surface area contributed by atoms with Gasteiger partial charge in [-0.05, 0) is 30.3 Å². The molecule has 0 fully saturated rings. The molecule has 2 aromatic carbocycles. The highest BCUT2D eigenvalue weighted by atomic mass is 35.5. The van der Waals surface area contributed by atoms with Crippen LogP contribution in [0.25, 0.3) is 0 Å². The van der Waals surface area contributed by atoms with Gasteiger partial charge in [-0.3, -0.25) is 9.10 Å². The number of amides is 1. The standard InChI is InChI=1S/C17H17ClN2O5S/c1-20(26(3,23)24)15-7-5-4-6-12(15)16(21)19-11-8-9-14(18)13(10-11)17(22)25-2/h4-10H,1-3H3,(H,19,21). The Morgan fingerprint density at radius 3 is 2.38 bits per heavy atom. The van der Waals surface area contributed by atoms with Gasteiger partial charge in [0.25, 0.3) is 5.91 Å². The van der Waals surface area contributed by atoms with Crippen LogP contribution in [0.2, 0.25) is 5.02 Å². The Balaban J connectivity index is 2.36. The highest BCUT2D eigenvalue weighted by Gasteiger charge is 2.20. The summed E-state index contributed by atoms with van der Waals surface area (Å²) in [6, 6.07) is 10.6. The fourth-order valence-corrected chi connectivity index (χ4v) is 2.90. The van der Waals surface area contributed by atoms with Crippen LogP contribution in [-0.2, 0) is 14.8 Å². The molecule has 26 heavy (non-hydrogen) atoms. The summed E-state index contributed by atoms with van der Waals surface area (Å²) >= 11 is 5.95. The fraction of sp³-hybridized carbons (Fsp3) is 0.176. The summed E-state index contributed by atoms with van der Waals surface area (Å²) < 4.78 is 29.2. The molecule has 0 spiro atoms. The number of hydrogen-bond donors (Lipinski definition) is 1. The van der Waals surface area contributed by atoms with Gasteiger partial charge in [-0.25, -0.2) is 13.2 Å². The molecule has 0 unspecified atom stereocenters. The van der Waals surface area contributed by atoms with Gasteiger partial charge in [-0.1, -0.05) is 23.7 Å². The maximum atomic E-state index is 12.6. The second-order valence-electron chi connectivity index (χ2n) is 5.39. The number of ether oxygens (including phenoxy) is 1. The number of anilines is 2. The molecule has 9 heteroatoms. The van der Waals surface area contributed by atoms with E-state index in [1.807, 2.05) is 0 Å². The number of carbonyl (C=O) groups is 2. The van der Waals surface area contributed by atoms with Crippen LogP contribution in [0.3, 0.4) is 0 Å². The molecule has 0 saturated heterocycles. The topological polar surface area (TPSA) is 92.8 Å². The minimum Gasteiger partial charge on any atom is -0.465 e. The van der Waals surface area contributed by atoms with Crippen molar-refractivity contribution in [2.24, 2.45) is 0 Å². The largest absolute Gasteiger partial charge is 0.465 e. The van der Waals surface area contributed by atoms with Crippen LogP contribution in [0.5, 0.6) is 0 Å². The number of sulfonamides is 1. The van der Waals surface area contributed by atoms with Gasteiger partial charge < -0.3 is 10.1 Å². The van der Waals surface area contributed by atoms with Crippen molar-refractivity contribution in [1.29, 1.82) is 0 Å². The molecule has 0 aliphatic carbocycles. The molecule has 0 atom stereocenters. The quantitative estimate of drug-likeness (QED) is 0.784. The molecule has 2 rings (SSSR count). The average molecular weight is 397 g/mol. The molecular formula is C17H17ClN2O5S. The van der Waals surface area contributed by atoms with Crippen molar-refractivity contribution in [2.75, 3.05) is 30.0 Å². The molecule has 0 aliphatic rings. The predicted octanol–water partition coefficient (Wildman–Crippen LogP) is 2.77. The first-order valence-electron chi connectivity index (χ1n) is 7.37. The Labute approximate surface area is 156 Å². The van der Waals surface area contributed by atoms with E-state index in [1.54, 1.807) is 12.1 Å². The lowest BCUT2D eigenvalue weighted by atomic mass is 10.1. The minimum atomic E-state index is -3.54. The van der Waals surface area contributed by atoms with Crippen LogP contribution in [0.4, 0.5) is 11.4 Å². The van der Waals surface area contributed by atoms with E-state index in [2.05, 4.69) is 10.1 Å². The van der Waals surface area contributed by atoms with E-state index in [9.17, 15) is 18.0 Å². The Kier molecular flexibility index (Phi) is 5.89. The fourth-order valence-electron chi connectivity index (χ4n) is 2.19. The SMILES string of the molecule is COC(=O)c1cc(NC(=O)c2ccccc2N(C)S(C)(=O)=O)ccc1Cl. The summed E-state index contributed by atoms with van der Waals surface area (Å²) in [5, 5.41) is 2.81. The minimum absolute atomic E-state index is 0.105. The number of nitrogens with one attached hydrogen (secondary N) is 1. The van der Waals surface area contributed by atoms with Crippen molar-refractivity contribution in [1.82, 2.24) is 0 Å². The van der Waals surface area contributed by atoms with E-state index in [0.29, 0.717) is 5.69 Å². The molecule has 1 amide bonds. The predicted molar refractivity (Wildman–Crippen MR) is 100 cm³/mol. The van der Waals surface area contributed by atoms with Crippen LogP contribution in [0, 0.1) is 0 Å². The lowest BCUT2D eigenvalue weighted by Gasteiger charge is -2.19. The summed E-state index contributed by atoms with van der Waals surface area (Å²) in [4.78, 5) is 24.3. The molecule has 1 N–H and O–H groups in total. The summed E-state index contributed by atoms with van der Waals surface area (Å²) in [5.41, 5.74) is 0.815. The van der Waals surface area contributed by atoms with Crippen LogP contribution in [-0.4, -0.2) is 40.7 Å². The van der Waals surface area contributed by atoms with Crippen molar-refractivity contribution in [3.63, 3.8) is 0 Å². The van der Waals surface area contributed by atoms with Crippen molar-refractivity contribution < 1.29 is 22.7 Å². The van der Waals surface area contributed by atoms with Gasteiger partial charge in [0.1, 0.15) is 0 Å². The smallest absolute Gasteiger partial charge is 0.339 e. The van der Waals surface area contributed by atoms with Gasteiger partial charge in [0.05, 0.1) is 35.2 Å². The van der Waals surface area contributed by atoms with Crippen molar-refractivity contribution in [2.45, 2.75) is 0 Å². The monoisotopic (exact) mass is 396 g/mol. The molecule has 0 bridgehead atoms. The lowest BCUT2D eigenvalue weighted by Crippen LogP contribution is -2.27. The summed E-state index contributed by atoms with van der Waals surface area (Å²) in [6.07, 6.45) is 1.05. The third-order valence-corrected chi connectivity index (χ3v) is 5.14. The number of halogens is 1. The van der Waals surface area contributed by atoms with Crippen molar-refractivity contribution in [3.05, 3.63) is 58.6 Å². The Morgan fingerprint density at radius 1 is 1.12 bits per heavy atom. The maximum Gasteiger partial charge on any atom is 0.339 e. The maximum absolute atomic E-state index is 12.6. The number of para-hydroxylation sites is 1. The van der Waals surface area contributed by atoms with Crippen LogP contribution in [0.15, 0.2) is 42.5 Å². The lowest BCUT2D eigenvalue weighted by molar-refractivity contribution is 0.0600. The van der Waals surface area contributed by atoms with Crippen LogP contribution >= 0.6 is 11.6 Å². The van der Waals surface area contributed by atoms with Crippen molar-refractivity contribution in [3.8, 4) is 0 Å². The van der Waals surface area contributed by atoms with E-state index in [0.717, 1.165) is 10.6 Å². The van der Waals surface area contributed by atoms with E-state index in [-0.39, 0.29) is 21.8 Å². The summed E-state index contributed by atoms with van der Waals surface area (Å²) in [7, 11) is -0.953. The second kappa shape index (κ2) is 7.76. The van der Waals surface area contributed by atoms with Crippen LogP contribution < -0.4 is 9.62 Å². The Hall–Kier alpha value is -2.58. The zero-order valence-electron chi connectivity index (χ0n) is 14.3. The third-order valence-electron chi connectivity index (χ3n) is 3.61. The summed E-state index contributed by atoms with van der Waals surface area (Å²) in [5.74, 6) is -1.17. The number of methoxy groups -OCH3 is 1. The van der Waals surface area contributed by atoms with E-state index < -0.39 is 21.9 Å². The zero-order chi connectivity index (χ0) is 19.5. The number of hydrogen-bond acceptors (Lipinski definition) is 5. The van der Waals surface area contributed by atoms with Crippen LogP contribution in [0.1, 0.15) is 20.7 Å². The number of rotatable bonds is 5. The van der Waals surface area contributed by atoms with Gasteiger partial charge >= 0.3 is 5.97 Å². The first-order chi connectivity index (χ1) is 12.1. The first-order valence-corrected chi connectivity index (χ1v) is 9.60. The molecular weight excluding hydrogens is 380 g/mol. The summed E-state index contributed by atoms with van der Waals surface area (Å²) in [6.45, 7) is 0. The molecule has 0 aliphatic heterocycles. The molecule has 7 nitrogen and oxygen atoms in total. The van der Waals surface area contributed by atoms with Gasteiger partial charge in [0.2, 0.25) is 10.0 Å². The van der Waals surface area contributed by atoms with E-state index in [1.165, 1.54) is 44.5 Å². The molecule has 0 saturated carbocycles. The molecule has 2 aromatic rings. The van der Waals surface area contributed by atoms with Gasteiger partial charge in [0.15, 0.2) is 0 Å². The molecule has 0 aromatic heterocycles. The van der Waals surface area contributed by atoms with Crippen molar-refractivity contribution >= 4 is 44.9 Å². The van der Waals surface area contributed by atoms with Gasteiger partial charge in [0, 0.05) is 12.7 Å². The number of nitrogens with zero attached hydrogens (tertiary/aromatic N) is 1. The zero-order valence-corrected chi connectivity index (χ0v) is 15.9. The normalized spacial score (nSPS) is 10.9. The third kappa shape index (κ3) is 4.33. The van der Waals surface area contributed by atoms with E-state index >= 15 is 0 Å². The highest BCUT2D eigenvalue weighted by Crippen LogP contribution is 2.25. The Morgan fingerprint density at radius 2 is 1.77 bits per heavy atom. The number of carbonyl (C=O) groups excluding carboxylic acids is 2. The second-order valence-corrected chi connectivity index (χ2v) is 7.81. The van der Waals surface area contributed by atoms with E-state index in [4.69, 9.17) is 11.6 Å². The number of benzene rings is 2. The number of esters is 1. The molecule has 0 radical (unpaired) electrons. The first kappa shape index (κ1) is 19.7. The van der Waals surface area contributed by atoms with Gasteiger partial charge in [-0.15, -0.1) is 0 Å². The molecule has 138 valence electrons. The van der Waals surface area contributed by atoms with Gasteiger partial charge in [-0.2, -0.15) is 0 Å². The molecule has 0 heterocycles. The highest BCUT2D eigenvalue weighted by molar-refractivity contribution is 7.92. The average Bonchev–Trinajstić information content (AvgIpc) is 2.61. The Bertz CT molecular complexity index is 959.